The van der Waals surface area contributed by atoms with E-state index in [9.17, 15) is 8.78 Å². The first-order valence-corrected chi connectivity index (χ1v) is 5.13. The molecule has 3 N–H and O–H groups in total. The Bertz CT molecular complexity index is 485. The van der Waals surface area contributed by atoms with Crippen molar-refractivity contribution in [1.29, 1.82) is 0 Å². The summed E-state index contributed by atoms with van der Waals surface area (Å²) in [6, 6.07) is 5.37. The number of hydrogen-bond acceptors (Lipinski definition) is 3. The molecular weight excluding hydrogens is 226 g/mol. The van der Waals surface area contributed by atoms with E-state index in [0.29, 0.717) is 12.0 Å². The zero-order valence-corrected chi connectivity index (χ0v) is 8.99. The Kier molecular flexibility index (Phi) is 3.51. The molecule has 0 fully saturated rings. The minimum absolute atomic E-state index is 0.196. The SMILES string of the molecule is NNC(Cc1ccc(F)c(F)c1)c1ccoc1. The second-order valence-electron chi connectivity index (χ2n) is 3.73. The van der Waals surface area contributed by atoms with Gasteiger partial charge in [-0.3, -0.25) is 11.3 Å². The molecule has 1 aromatic carbocycles. The summed E-state index contributed by atoms with van der Waals surface area (Å²) in [6.45, 7) is 0. The molecule has 0 saturated heterocycles. The van der Waals surface area contributed by atoms with E-state index in [0.717, 1.165) is 11.6 Å². The predicted octanol–water partition coefficient (Wildman–Crippen LogP) is 2.30. The van der Waals surface area contributed by atoms with Crippen LogP contribution in [0.15, 0.2) is 41.2 Å². The first-order chi connectivity index (χ1) is 8.20. The van der Waals surface area contributed by atoms with Crippen molar-refractivity contribution in [3.63, 3.8) is 0 Å². The van der Waals surface area contributed by atoms with Crippen LogP contribution >= 0.6 is 0 Å². The summed E-state index contributed by atoms with van der Waals surface area (Å²) in [7, 11) is 0. The molecule has 0 saturated carbocycles. The van der Waals surface area contributed by atoms with E-state index in [1.165, 1.54) is 18.4 Å². The molecule has 0 bridgehead atoms. The third-order valence-corrected chi connectivity index (χ3v) is 2.57. The zero-order valence-electron chi connectivity index (χ0n) is 8.99. The van der Waals surface area contributed by atoms with Gasteiger partial charge in [-0.2, -0.15) is 0 Å². The van der Waals surface area contributed by atoms with Crippen molar-refractivity contribution < 1.29 is 13.2 Å². The summed E-state index contributed by atoms with van der Waals surface area (Å²) in [6.07, 6.45) is 3.54. The van der Waals surface area contributed by atoms with Gasteiger partial charge in [0.25, 0.3) is 0 Å². The predicted molar refractivity (Wildman–Crippen MR) is 58.8 cm³/mol. The Morgan fingerprint density at radius 1 is 1.24 bits per heavy atom. The lowest BCUT2D eigenvalue weighted by molar-refractivity contribution is 0.500. The van der Waals surface area contributed by atoms with E-state index in [2.05, 4.69) is 5.43 Å². The van der Waals surface area contributed by atoms with Crippen LogP contribution in [0, 0.1) is 11.6 Å². The molecule has 0 aliphatic heterocycles. The van der Waals surface area contributed by atoms with Crippen LogP contribution in [0.2, 0.25) is 0 Å². The Morgan fingerprint density at radius 2 is 2.06 bits per heavy atom. The molecule has 1 atom stereocenters. The maximum atomic E-state index is 13.0. The van der Waals surface area contributed by atoms with Crippen molar-refractivity contribution in [1.82, 2.24) is 5.43 Å². The largest absolute Gasteiger partial charge is 0.472 e. The summed E-state index contributed by atoms with van der Waals surface area (Å²) in [5, 5.41) is 0. The Hall–Kier alpha value is -1.72. The third-order valence-electron chi connectivity index (χ3n) is 2.57. The van der Waals surface area contributed by atoms with E-state index >= 15 is 0 Å². The highest BCUT2D eigenvalue weighted by Crippen LogP contribution is 2.19. The molecule has 1 unspecified atom stereocenters. The number of hydrazine groups is 1. The monoisotopic (exact) mass is 238 g/mol. The highest BCUT2D eigenvalue weighted by atomic mass is 19.2. The van der Waals surface area contributed by atoms with E-state index in [1.807, 2.05) is 0 Å². The molecular formula is C12H12F2N2O. The normalized spacial score (nSPS) is 12.6. The fourth-order valence-electron chi connectivity index (χ4n) is 1.65. The van der Waals surface area contributed by atoms with Gasteiger partial charge in [0.15, 0.2) is 11.6 Å². The van der Waals surface area contributed by atoms with E-state index in [-0.39, 0.29) is 6.04 Å². The zero-order chi connectivity index (χ0) is 12.3. The standard InChI is InChI=1S/C12H12F2N2O/c13-10-2-1-8(5-11(10)14)6-12(16-15)9-3-4-17-7-9/h1-5,7,12,16H,6,15H2. The highest BCUT2D eigenvalue weighted by molar-refractivity contribution is 5.22. The summed E-state index contributed by atoms with van der Waals surface area (Å²) in [5.74, 6) is 3.71. The van der Waals surface area contributed by atoms with E-state index < -0.39 is 11.6 Å². The molecule has 2 rings (SSSR count). The molecule has 0 aliphatic carbocycles. The minimum atomic E-state index is -0.856. The van der Waals surface area contributed by atoms with Crippen LogP contribution in [0.4, 0.5) is 8.78 Å². The van der Waals surface area contributed by atoms with Gasteiger partial charge < -0.3 is 4.42 Å². The molecule has 0 amide bonds. The van der Waals surface area contributed by atoms with Gasteiger partial charge in [0, 0.05) is 5.56 Å². The summed E-state index contributed by atoms with van der Waals surface area (Å²) < 4.78 is 30.7. The number of benzene rings is 1. The molecule has 5 heteroatoms. The summed E-state index contributed by atoms with van der Waals surface area (Å²) >= 11 is 0. The number of nitrogens with one attached hydrogen (secondary N) is 1. The quantitative estimate of drug-likeness (QED) is 0.634. The van der Waals surface area contributed by atoms with Gasteiger partial charge in [0.1, 0.15) is 0 Å². The third kappa shape index (κ3) is 2.69. The average molecular weight is 238 g/mol. The fourth-order valence-corrected chi connectivity index (χ4v) is 1.65. The Balaban J connectivity index is 2.16. The van der Waals surface area contributed by atoms with Crippen LogP contribution in [0.25, 0.3) is 0 Å². The number of rotatable bonds is 4. The molecule has 0 aliphatic rings. The Morgan fingerprint density at radius 3 is 2.65 bits per heavy atom. The number of nitrogens with two attached hydrogens (primary N) is 1. The lowest BCUT2D eigenvalue weighted by atomic mass is 10.0. The van der Waals surface area contributed by atoms with Gasteiger partial charge in [0.05, 0.1) is 18.6 Å². The van der Waals surface area contributed by atoms with Crippen LogP contribution in [-0.2, 0) is 6.42 Å². The maximum absolute atomic E-state index is 13.0. The molecule has 1 aromatic heterocycles. The first-order valence-electron chi connectivity index (χ1n) is 5.13. The topological polar surface area (TPSA) is 51.2 Å². The van der Waals surface area contributed by atoms with Crippen molar-refractivity contribution in [3.8, 4) is 0 Å². The van der Waals surface area contributed by atoms with Crippen LogP contribution in [0.5, 0.6) is 0 Å². The number of hydrogen-bond donors (Lipinski definition) is 2. The first kappa shape index (κ1) is 11.8. The van der Waals surface area contributed by atoms with Gasteiger partial charge in [0.2, 0.25) is 0 Å². The average Bonchev–Trinajstić information content (AvgIpc) is 2.84. The van der Waals surface area contributed by atoms with Gasteiger partial charge in [-0.05, 0) is 30.2 Å². The van der Waals surface area contributed by atoms with Crippen LogP contribution in [0.3, 0.4) is 0 Å². The highest BCUT2D eigenvalue weighted by Gasteiger charge is 2.13. The molecule has 0 spiro atoms. The van der Waals surface area contributed by atoms with Crippen LogP contribution in [-0.4, -0.2) is 0 Å². The minimum Gasteiger partial charge on any atom is -0.472 e. The summed E-state index contributed by atoms with van der Waals surface area (Å²) in [4.78, 5) is 0. The second-order valence-corrected chi connectivity index (χ2v) is 3.73. The molecule has 1 heterocycles. The van der Waals surface area contributed by atoms with Crippen molar-refractivity contribution in [2.24, 2.45) is 5.84 Å². The number of furan rings is 1. The second kappa shape index (κ2) is 5.07. The molecule has 3 nitrogen and oxygen atoms in total. The van der Waals surface area contributed by atoms with Gasteiger partial charge in [-0.15, -0.1) is 0 Å². The van der Waals surface area contributed by atoms with Crippen molar-refractivity contribution in [2.75, 3.05) is 0 Å². The van der Waals surface area contributed by atoms with Crippen molar-refractivity contribution >= 4 is 0 Å². The lowest BCUT2D eigenvalue weighted by Gasteiger charge is -2.14. The summed E-state index contributed by atoms with van der Waals surface area (Å²) in [5.41, 5.74) is 4.13. The van der Waals surface area contributed by atoms with Crippen LogP contribution < -0.4 is 11.3 Å². The molecule has 17 heavy (non-hydrogen) atoms. The lowest BCUT2D eigenvalue weighted by Crippen LogP contribution is -2.29. The van der Waals surface area contributed by atoms with Gasteiger partial charge in [-0.25, -0.2) is 8.78 Å². The number of halogens is 2. The van der Waals surface area contributed by atoms with Gasteiger partial charge in [-0.1, -0.05) is 6.07 Å². The van der Waals surface area contributed by atoms with Crippen molar-refractivity contribution in [3.05, 3.63) is 59.6 Å². The Labute approximate surface area is 97.2 Å². The van der Waals surface area contributed by atoms with E-state index in [1.54, 1.807) is 12.3 Å². The van der Waals surface area contributed by atoms with Crippen LogP contribution in [0.1, 0.15) is 17.2 Å². The van der Waals surface area contributed by atoms with Crippen molar-refractivity contribution in [2.45, 2.75) is 12.5 Å². The maximum Gasteiger partial charge on any atom is 0.159 e. The van der Waals surface area contributed by atoms with E-state index in [4.69, 9.17) is 10.3 Å². The molecule has 2 aromatic rings. The molecule has 90 valence electrons. The molecule has 0 radical (unpaired) electrons. The fraction of sp³-hybridized carbons (Fsp3) is 0.167. The van der Waals surface area contributed by atoms with Gasteiger partial charge >= 0.3 is 0 Å². The smallest absolute Gasteiger partial charge is 0.159 e.